The molecule has 1 fully saturated rings. The first-order valence-electron chi connectivity index (χ1n) is 5.65. The van der Waals surface area contributed by atoms with E-state index in [0.717, 1.165) is 25.7 Å². The van der Waals surface area contributed by atoms with Gasteiger partial charge in [0, 0.05) is 19.3 Å². The second kappa shape index (κ2) is 17.0. The van der Waals surface area contributed by atoms with Crippen LogP contribution in [-0.2, 0) is 30.3 Å². The molecule has 0 amide bonds. The van der Waals surface area contributed by atoms with Crippen LogP contribution in [0.3, 0.4) is 0 Å². The summed E-state index contributed by atoms with van der Waals surface area (Å²) in [6.45, 7) is 0. The minimum atomic E-state index is -0.106. The zero-order valence-electron chi connectivity index (χ0n) is 10.4. The maximum atomic E-state index is 10.5. The molecule has 0 saturated heterocycles. The zero-order chi connectivity index (χ0) is 13.8. The number of rotatable bonds is 0. The van der Waals surface area contributed by atoms with Crippen molar-refractivity contribution in [2.45, 2.75) is 52.4 Å². The van der Waals surface area contributed by atoms with Gasteiger partial charge >= 0.3 is 35.0 Å². The third kappa shape index (κ3) is 16.0. The number of carbonyl (C=O) groups excluding carboxylic acids is 3. The number of ketones is 3. The van der Waals surface area contributed by atoms with E-state index in [1.165, 1.54) is 0 Å². The summed E-state index contributed by atoms with van der Waals surface area (Å²) >= 11 is -0.106. The first kappa shape index (κ1) is 24.9. The molecule has 122 valence electrons. The third-order valence-corrected chi connectivity index (χ3v) is 2.40. The van der Waals surface area contributed by atoms with Crippen molar-refractivity contribution in [3.8, 4) is 0 Å². The van der Waals surface area contributed by atoms with Crippen molar-refractivity contribution in [1.29, 1.82) is 0 Å². The Morgan fingerprint density at radius 2 is 1.45 bits per heavy atom. The van der Waals surface area contributed by atoms with Gasteiger partial charge in [-0.3, -0.25) is 14.4 Å². The van der Waals surface area contributed by atoms with Crippen LogP contribution in [0.1, 0.15) is 52.4 Å². The molecule has 2 aliphatic rings. The maximum absolute atomic E-state index is 10.5. The number of carbonyl (C=O) groups is 3. The Balaban J connectivity index is -0.000000225. The second-order valence-corrected chi connectivity index (χ2v) is 6.27. The van der Waals surface area contributed by atoms with Gasteiger partial charge in [-0.25, -0.2) is 0 Å². The van der Waals surface area contributed by atoms with E-state index in [1.807, 2.05) is 6.08 Å². The Kier molecular flexibility index (Phi) is 21.2. The molecule has 0 aromatic carbocycles. The molecule has 0 radical (unpaired) electrons. The predicted octanol–water partition coefficient (Wildman–Crippen LogP) is 3.18. The van der Waals surface area contributed by atoms with Crippen molar-refractivity contribution < 1.29 is 35.8 Å². The van der Waals surface area contributed by atoms with E-state index >= 15 is 0 Å². The van der Waals surface area contributed by atoms with Gasteiger partial charge in [-0.2, -0.15) is 0 Å². The molecular formula is C13H22Cl2O4Pd. The molecular weight excluding hydrogens is 397 g/mol. The van der Waals surface area contributed by atoms with Crippen LogP contribution in [-0.4, -0.2) is 22.8 Å². The summed E-state index contributed by atoms with van der Waals surface area (Å²) in [6, 6.07) is 0. The van der Waals surface area contributed by atoms with Crippen molar-refractivity contribution in [3.63, 3.8) is 0 Å². The molecule has 7 heteroatoms. The molecule has 4 nitrogen and oxygen atoms in total. The molecule has 20 heavy (non-hydrogen) atoms. The zero-order valence-corrected chi connectivity index (χ0v) is 13.5. The summed E-state index contributed by atoms with van der Waals surface area (Å²) in [6.07, 6.45) is 8.71. The van der Waals surface area contributed by atoms with E-state index in [-0.39, 0.29) is 52.6 Å². The van der Waals surface area contributed by atoms with E-state index in [1.54, 1.807) is 6.08 Å². The number of allylic oxidation sites excluding steroid dienone is 2. The van der Waals surface area contributed by atoms with Crippen molar-refractivity contribution in [2.24, 2.45) is 0 Å². The summed E-state index contributed by atoms with van der Waals surface area (Å²) in [5, 5.41) is 0. The molecule has 2 aliphatic carbocycles. The Morgan fingerprint density at radius 3 is 1.65 bits per heavy atom. The van der Waals surface area contributed by atoms with Crippen molar-refractivity contribution in [1.82, 2.24) is 0 Å². The first-order chi connectivity index (χ1) is 8.60. The molecule has 0 atom stereocenters. The quantitative estimate of drug-likeness (QED) is 0.446. The SMILES string of the molecule is C.O.O=C1C=CCCC1.O=C1CCCC(=O)C1.[Cl][Pd][Cl]. The van der Waals surface area contributed by atoms with Crippen LogP contribution in [0.2, 0.25) is 0 Å². The number of hydrogen-bond acceptors (Lipinski definition) is 3. The van der Waals surface area contributed by atoms with E-state index in [4.69, 9.17) is 19.1 Å². The fraction of sp³-hybridized carbons (Fsp3) is 0.615. The van der Waals surface area contributed by atoms with Gasteiger partial charge in [0.1, 0.15) is 11.6 Å². The Hall–Kier alpha value is -0.0477. The topological polar surface area (TPSA) is 82.7 Å². The monoisotopic (exact) mass is 418 g/mol. The molecule has 0 aromatic rings. The Bertz CT molecular complexity index is 305. The summed E-state index contributed by atoms with van der Waals surface area (Å²) in [5.74, 6) is 0.508. The van der Waals surface area contributed by atoms with Crippen LogP contribution in [0, 0.1) is 0 Å². The predicted molar refractivity (Wildman–Crippen MR) is 78.5 cm³/mol. The molecule has 2 N–H and O–H groups in total. The number of hydrogen-bond donors (Lipinski definition) is 0. The minimum absolute atomic E-state index is 0. The standard InChI is InChI=1S/C6H8O2.C6H8O.CH4.2ClH.H2O.Pd/c7-5-2-1-3-6(8)4-5;7-6-4-2-1-3-5-6;;;;;/h1-4H2;2,4H,1,3,5H2;1H4;2*1H;1H2;/q;;;;;;+2/p-2. The molecule has 0 unspecified atom stereocenters. The van der Waals surface area contributed by atoms with Crippen molar-refractivity contribution in [2.75, 3.05) is 0 Å². The van der Waals surface area contributed by atoms with Gasteiger partial charge in [-0.15, -0.1) is 0 Å². The summed E-state index contributed by atoms with van der Waals surface area (Å²) in [7, 11) is 9.63. The van der Waals surface area contributed by atoms with Crippen LogP contribution in [0.15, 0.2) is 12.2 Å². The fourth-order valence-corrected chi connectivity index (χ4v) is 1.57. The van der Waals surface area contributed by atoms with Crippen molar-refractivity contribution >= 4 is 36.4 Å². The Morgan fingerprint density at radius 1 is 0.950 bits per heavy atom. The van der Waals surface area contributed by atoms with Gasteiger partial charge in [0.15, 0.2) is 5.78 Å². The van der Waals surface area contributed by atoms with E-state index in [9.17, 15) is 14.4 Å². The molecule has 0 spiro atoms. The third-order valence-electron chi connectivity index (χ3n) is 2.40. The van der Waals surface area contributed by atoms with E-state index < -0.39 is 0 Å². The average Bonchev–Trinajstić information content (AvgIpc) is 2.31. The Labute approximate surface area is 136 Å². The van der Waals surface area contributed by atoms with Crippen LogP contribution >= 0.6 is 19.1 Å². The molecule has 0 aliphatic heterocycles. The first-order valence-corrected chi connectivity index (χ1v) is 9.65. The second-order valence-electron chi connectivity index (χ2n) is 3.91. The molecule has 0 heterocycles. The normalized spacial score (nSPS) is 16.8. The number of halogens is 2. The van der Waals surface area contributed by atoms with Gasteiger partial charge < -0.3 is 5.48 Å². The van der Waals surface area contributed by atoms with Crippen LogP contribution in [0.5, 0.6) is 0 Å². The van der Waals surface area contributed by atoms with E-state index in [2.05, 4.69) is 0 Å². The van der Waals surface area contributed by atoms with Crippen molar-refractivity contribution in [3.05, 3.63) is 12.2 Å². The average molecular weight is 420 g/mol. The summed E-state index contributed by atoms with van der Waals surface area (Å²) in [5.41, 5.74) is 0. The van der Waals surface area contributed by atoms with Crippen LogP contribution in [0.4, 0.5) is 0 Å². The summed E-state index contributed by atoms with van der Waals surface area (Å²) < 4.78 is 0. The number of Topliss-reactive ketones (excluding diaryl/α,β-unsaturated/α-hetero) is 2. The van der Waals surface area contributed by atoms with Gasteiger partial charge in [0.25, 0.3) is 0 Å². The van der Waals surface area contributed by atoms with Crippen LogP contribution < -0.4 is 0 Å². The molecule has 0 aromatic heterocycles. The van der Waals surface area contributed by atoms with Gasteiger partial charge in [-0.05, 0) is 25.3 Å². The van der Waals surface area contributed by atoms with E-state index in [0.29, 0.717) is 12.8 Å². The van der Waals surface area contributed by atoms with Gasteiger partial charge in [0.05, 0.1) is 6.42 Å². The van der Waals surface area contributed by atoms with Gasteiger partial charge in [0.2, 0.25) is 0 Å². The van der Waals surface area contributed by atoms with Gasteiger partial charge in [-0.1, -0.05) is 13.5 Å². The van der Waals surface area contributed by atoms with Crippen LogP contribution in [0.25, 0.3) is 0 Å². The molecule has 2 rings (SSSR count). The fourth-order valence-electron chi connectivity index (χ4n) is 1.57. The molecule has 0 bridgehead atoms. The summed E-state index contributed by atoms with van der Waals surface area (Å²) in [4.78, 5) is 31.3. The molecule has 1 saturated carbocycles.